The van der Waals surface area contributed by atoms with Gasteiger partial charge in [-0.15, -0.1) is 0 Å². The van der Waals surface area contributed by atoms with Crippen molar-refractivity contribution in [2.45, 2.75) is 24.8 Å². The fourth-order valence-electron chi connectivity index (χ4n) is 2.74. The quantitative estimate of drug-likeness (QED) is 0.808. The van der Waals surface area contributed by atoms with E-state index in [0.717, 1.165) is 5.56 Å². The van der Waals surface area contributed by atoms with Crippen molar-refractivity contribution >= 4 is 44.3 Å². The Labute approximate surface area is 138 Å². The number of nitrogens with zero attached hydrogens (tertiary/aromatic N) is 2. The highest BCUT2D eigenvalue weighted by atomic mass is 35.5. The third kappa shape index (κ3) is 3.31. The van der Waals surface area contributed by atoms with Crippen LogP contribution in [0.3, 0.4) is 0 Å². The van der Waals surface area contributed by atoms with Gasteiger partial charge in [0.25, 0.3) is 0 Å². The number of thioether (sulfide) groups is 1. The van der Waals surface area contributed by atoms with Crippen molar-refractivity contribution < 1.29 is 13.2 Å². The number of rotatable bonds is 2. The predicted molar refractivity (Wildman–Crippen MR) is 88.9 cm³/mol. The molecule has 1 aromatic carbocycles. The number of hydrogen-bond acceptors (Lipinski definition) is 4. The molecule has 2 aliphatic rings. The lowest BCUT2D eigenvalue weighted by molar-refractivity contribution is -0.115. The number of aliphatic imine (C=N–C) groups is 1. The molecule has 5 nitrogen and oxygen atoms in total. The van der Waals surface area contributed by atoms with Crippen LogP contribution in [0.2, 0.25) is 5.02 Å². The van der Waals surface area contributed by atoms with Gasteiger partial charge in [-0.05, 0) is 17.7 Å². The molecule has 2 saturated heterocycles. The fourth-order valence-corrected chi connectivity index (χ4v) is 6.86. The molecule has 2 aliphatic heterocycles. The Bertz CT molecular complexity index is 731. The topological polar surface area (TPSA) is 66.8 Å². The van der Waals surface area contributed by atoms with Crippen LogP contribution in [0, 0.1) is 0 Å². The fraction of sp³-hybridized carbons (Fsp3) is 0.429. The third-order valence-electron chi connectivity index (χ3n) is 3.69. The van der Waals surface area contributed by atoms with E-state index in [1.165, 1.54) is 18.7 Å². The van der Waals surface area contributed by atoms with Crippen LogP contribution >= 0.6 is 23.4 Å². The molecule has 2 unspecified atom stereocenters. The van der Waals surface area contributed by atoms with Gasteiger partial charge in [0.2, 0.25) is 5.91 Å². The Morgan fingerprint density at radius 1 is 1.36 bits per heavy atom. The van der Waals surface area contributed by atoms with Crippen LogP contribution in [-0.2, 0) is 21.2 Å². The zero-order valence-electron chi connectivity index (χ0n) is 11.9. The highest BCUT2D eigenvalue weighted by Gasteiger charge is 2.48. The molecular weight excluding hydrogens is 344 g/mol. The number of sulfone groups is 1. The van der Waals surface area contributed by atoms with Gasteiger partial charge in [-0.2, -0.15) is 4.99 Å². The minimum absolute atomic E-state index is 0.0459. The van der Waals surface area contributed by atoms with Gasteiger partial charge >= 0.3 is 0 Å². The Hall–Kier alpha value is -1.05. The number of hydrogen-bond donors (Lipinski definition) is 0. The molecule has 2 atom stereocenters. The first kappa shape index (κ1) is 15.8. The number of halogens is 1. The summed E-state index contributed by atoms with van der Waals surface area (Å²) in [4.78, 5) is 17.3. The van der Waals surface area contributed by atoms with Gasteiger partial charge in [0.15, 0.2) is 15.0 Å². The van der Waals surface area contributed by atoms with E-state index >= 15 is 0 Å². The maximum atomic E-state index is 11.9. The van der Waals surface area contributed by atoms with Gasteiger partial charge in [-0.25, -0.2) is 8.42 Å². The van der Waals surface area contributed by atoms with Crippen molar-refractivity contribution in [3.8, 4) is 0 Å². The Morgan fingerprint density at radius 2 is 2.05 bits per heavy atom. The summed E-state index contributed by atoms with van der Waals surface area (Å²) in [5.41, 5.74) is 1.01. The molecule has 0 spiro atoms. The SMILES string of the molecule is CC(=O)N=C1SC2CS(=O)(=O)CC2N1Cc1ccc(Cl)cc1. The molecule has 0 saturated carbocycles. The molecule has 8 heteroatoms. The van der Waals surface area contributed by atoms with Crippen LogP contribution in [0.15, 0.2) is 29.3 Å². The normalized spacial score (nSPS) is 28.1. The molecule has 118 valence electrons. The molecule has 0 aromatic heterocycles. The van der Waals surface area contributed by atoms with Crippen LogP contribution in [0.25, 0.3) is 0 Å². The maximum Gasteiger partial charge on any atom is 0.244 e. The lowest BCUT2D eigenvalue weighted by Crippen LogP contribution is -2.37. The van der Waals surface area contributed by atoms with Crippen molar-refractivity contribution in [2.75, 3.05) is 11.5 Å². The van der Waals surface area contributed by atoms with Crippen molar-refractivity contribution in [1.82, 2.24) is 4.90 Å². The molecule has 0 N–H and O–H groups in total. The molecule has 2 heterocycles. The van der Waals surface area contributed by atoms with Crippen LogP contribution in [0.4, 0.5) is 0 Å². The first-order chi connectivity index (χ1) is 10.3. The second-order valence-electron chi connectivity index (χ2n) is 5.47. The third-order valence-corrected chi connectivity index (χ3v) is 7.19. The average molecular weight is 359 g/mol. The molecule has 1 amide bonds. The highest BCUT2D eigenvalue weighted by molar-refractivity contribution is 8.15. The standard InChI is InChI=1S/C14H15ClN2O3S2/c1-9(18)16-14-17(6-10-2-4-11(15)5-3-10)12-7-22(19,20)8-13(12)21-14/h2-5,12-13H,6-8H2,1H3. The average Bonchev–Trinajstić information content (AvgIpc) is 2.85. The maximum absolute atomic E-state index is 11.9. The van der Waals surface area contributed by atoms with E-state index in [2.05, 4.69) is 4.99 Å². The summed E-state index contributed by atoms with van der Waals surface area (Å²) in [5.74, 6) is -0.00242. The van der Waals surface area contributed by atoms with Gasteiger partial charge < -0.3 is 4.90 Å². The van der Waals surface area contributed by atoms with Gasteiger partial charge in [-0.1, -0.05) is 35.5 Å². The van der Waals surface area contributed by atoms with E-state index < -0.39 is 9.84 Å². The predicted octanol–water partition coefficient (Wildman–Crippen LogP) is 1.96. The van der Waals surface area contributed by atoms with Crippen molar-refractivity contribution in [3.63, 3.8) is 0 Å². The summed E-state index contributed by atoms with van der Waals surface area (Å²) in [6.07, 6.45) is 0. The molecule has 0 bridgehead atoms. The lowest BCUT2D eigenvalue weighted by Gasteiger charge is -2.24. The van der Waals surface area contributed by atoms with E-state index in [9.17, 15) is 13.2 Å². The number of fused-ring (bicyclic) bond motifs is 1. The molecule has 0 radical (unpaired) electrons. The number of carbonyl (C=O) groups is 1. The van der Waals surface area contributed by atoms with Gasteiger partial charge in [0.05, 0.1) is 17.5 Å². The van der Waals surface area contributed by atoms with Gasteiger partial charge in [-0.3, -0.25) is 4.79 Å². The Morgan fingerprint density at radius 3 is 2.68 bits per heavy atom. The van der Waals surface area contributed by atoms with E-state index in [4.69, 9.17) is 11.6 Å². The number of benzene rings is 1. The number of carbonyl (C=O) groups excluding carboxylic acids is 1. The van der Waals surface area contributed by atoms with Crippen LogP contribution in [-0.4, -0.2) is 47.2 Å². The van der Waals surface area contributed by atoms with Crippen LogP contribution in [0.1, 0.15) is 12.5 Å². The second-order valence-corrected chi connectivity index (χ2v) is 9.26. The smallest absolute Gasteiger partial charge is 0.244 e. The molecule has 2 fully saturated rings. The second kappa shape index (κ2) is 5.86. The van der Waals surface area contributed by atoms with E-state index in [-0.39, 0.29) is 28.7 Å². The monoisotopic (exact) mass is 358 g/mol. The van der Waals surface area contributed by atoms with E-state index in [1.807, 2.05) is 17.0 Å². The zero-order chi connectivity index (χ0) is 15.9. The van der Waals surface area contributed by atoms with E-state index in [0.29, 0.717) is 16.7 Å². The first-order valence-corrected chi connectivity index (χ1v) is 9.89. The highest BCUT2D eigenvalue weighted by Crippen LogP contribution is 2.39. The van der Waals surface area contributed by atoms with Crippen molar-refractivity contribution in [1.29, 1.82) is 0 Å². The van der Waals surface area contributed by atoms with Gasteiger partial charge in [0.1, 0.15) is 0 Å². The summed E-state index contributed by atoms with van der Waals surface area (Å²) in [6.45, 7) is 1.92. The van der Waals surface area contributed by atoms with Crippen LogP contribution in [0.5, 0.6) is 0 Å². The summed E-state index contributed by atoms with van der Waals surface area (Å²) in [5, 5.41) is 1.22. The molecule has 3 rings (SSSR count). The van der Waals surface area contributed by atoms with Crippen molar-refractivity contribution in [3.05, 3.63) is 34.9 Å². The largest absolute Gasteiger partial charge is 0.342 e. The minimum atomic E-state index is -3.01. The lowest BCUT2D eigenvalue weighted by atomic mass is 10.1. The van der Waals surface area contributed by atoms with Crippen molar-refractivity contribution in [2.24, 2.45) is 4.99 Å². The number of amidine groups is 1. The first-order valence-electron chi connectivity index (χ1n) is 6.81. The Balaban J connectivity index is 1.89. The van der Waals surface area contributed by atoms with E-state index in [1.54, 1.807) is 12.1 Å². The van der Waals surface area contributed by atoms with Crippen LogP contribution < -0.4 is 0 Å². The van der Waals surface area contributed by atoms with Gasteiger partial charge in [0, 0.05) is 23.7 Å². The molecule has 22 heavy (non-hydrogen) atoms. The molecule has 0 aliphatic carbocycles. The molecular formula is C14H15ClN2O3S2. The summed E-state index contributed by atoms with van der Waals surface area (Å²) in [7, 11) is -3.01. The minimum Gasteiger partial charge on any atom is -0.342 e. The zero-order valence-corrected chi connectivity index (χ0v) is 14.3. The summed E-state index contributed by atoms with van der Waals surface area (Å²) in [6, 6.07) is 7.27. The summed E-state index contributed by atoms with van der Waals surface area (Å²) >= 11 is 7.28. The number of amides is 1. The summed E-state index contributed by atoms with van der Waals surface area (Å²) < 4.78 is 23.7. The Kier molecular flexibility index (Phi) is 4.22. The molecule has 1 aromatic rings.